The Morgan fingerprint density at radius 3 is 2.87 bits per heavy atom. The van der Waals surface area contributed by atoms with E-state index < -0.39 is 0 Å². The first-order valence-electron chi connectivity index (χ1n) is 9.75. The second-order valence-electron chi connectivity index (χ2n) is 6.80. The first-order valence-corrected chi connectivity index (χ1v) is 9.75. The fourth-order valence-electron chi connectivity index (χ4n) is 3.40. The molecule has 0 aliphatic carbocycles. The second-order valence-corrected chi connectivity index (χ2v) is 6.80. The molecule has 0 unspecified atom stereocenters. The molecular weight excluding hydrogens is 392 g/mol. The number of nitrogens with two attached hydrogens (primary N) is 1. The molecule has 0 aliphatic rings. The van der Waals surface area contributed by atoms with Crippen LogP contribution in [0.2, 0.25) is 0 Å². The Balaban J connectivity index is 1.81. The van der Waals surface area contributed by atoms with Gasteiger partial charge < -0.3 is 11.1 Å². The van der Waals surface area contributed by atoms with E-state index in [9.17, 15) is 10.1 Å². The molecule has 0 atom stereocenters. The van der Waals surface area contributed by atoms with Crippen LogP contribution in [0.15, 0.2) is 41.3 Å². The lowest BCUT2D eigenvalue weighted by Gasteiger charge is -2.09. The number of rotatable bonds is 6. The number of fused-ring (bicyclic) bond motifs is 2. The summed E-state index contributed by atoms with van der Waals surface area (Å²) < 4.78 is 3.06. The third-order valence-corrected chi connectivity index (χ3v) is 4.80. The number of imidazole rings is 1. The summed E-state index contributed by atoms with van der Waals surface area (Å²) in [4.78, 5) is 22.2. The summed E-state index contributed by atoms with van der Waals surface area (Å²) in [5.41, 5.74) is 7.05. The first kappa shape index (κ1) is 20.1. The molecular formula is C22H20N8O. The number of hydrogen-bond donors (Lipinski definition) is 2. The maximum absolute atomic E-state index is 13.3. The van der Waals surface area contributed by atoms with Gasteiger partial charge in [0.1, 0.15) is 22.8 Å². The number of anilines is 1. The van der Waals surface area contributed by atoms with E-state index in [0.29, 0.717) is 48.0 Å². The Bertz CT molecular complexity index is 1430. The maximum atomic E-state index is 13.3. The third-order valence-electron chi connectivity index (χ3n) is 4.80. The molecule has 0 fully saturated rings. The lowest BCUT2D eigenvalue weighted by atomic mass is 10.1. The standard InChI is InChI=1S/C22H20N8O/c1-2-3-10-29-20-19(28-22(29)25-9-8-23)13-26-30(21(20)31)14-16-11-15-6-4-5-7-17(15)18(12-24)27-16/h4-7,11,13H,8-10,14,23H2,1H3,(H,25,28). The third kappa shape index (κ3) is 3.82. The molecule has 0 radical (unpaired) electrons. The topological polar surface area (TPSA) is 127 Å². The molecule has 3 aromatic heterocycles. The highest BCUT2D eigenvalue weighted by Crippen LogP contribution is 2.19. The molecule has 9 nitrogen and oxygen atoms in total. The van der Waals surface area contributed by atoms with Crippen LogP contribution >= 0.6 is 0 Å². The lowest BCUT2D eigenvalue weighted by molar-refractivity contribution is 0.632. The van der Waals surface area contributed by atoms with Crippen molar-refractivity contribution < 1.29 is 0 Å². The van der Waals surface area contributed by atoms with E-state index in [1.165, 1.54) is 4.68 Å². The minimum Gasteiger partial charge on any atom is -0.354 e. The fraction of sp³-hybridized carbons (Fsp3) is 0.227. The summed E-state index contributed by atoms with van der Waals surface area (Å²) in [7, 11) is 0. The molecule has 154 valence electrons. The van der Waals surface area contributed by atoms with Gasteiger partial charge in [0.05, 0.1) is 25.0 Å². The molecule has 9 heteroatoms. The molecule has 4 aromatic rings. The Kier molecular flexibility index (Phi) is 5.61. The summed E-state index contributed by atoms with van der Waals surface area (Å²) in [5.74, 6) is 6.34. The number of nitrogens with zero attached hydrogens (tertiary/aromatic N) is 6. The van der Waals surface area contributed by atoms with E-state index in [4.69, 9.17) is 5.73 Å². The number of pyridine rings is 1. The van der Waals surface area contributed by atoms with Gasteiger partial charge in [0, 0.05) is 18.5 Å². The van der Waals surface area contributed by atoms with E-state index in [-0.39, 0.29) is 12.1 Å². The van der Waals surface area contributed by atoms with Crippen molar-refractivity contribution >= 4 is 27.8 Å². The van der Waals surface area contributed by atoms with E-state index in [0.717, 1.165) is 10.8 Å². The molecule has 0 saturated carbocycles. The van der Waals surface area contributed by atoms with Gasteiger partial charge in [-0.05, 0) is 18.4 Å². The zero-order valence-electron chi connectivity index (χ0n) is 17.0. The molecule has 0 aliphatic heterocycles. The summed E-state index contributed by atoms with van der Waals surface area (Å²) in [6, 6.07) is 11.5. The highest BCUT2D eigenvalue weighted by atomic mass is 16.1. The van der Waals surface area contributed by atoms with Gasteiger partial charge in [-0.1, -0.05) is 30.2 Å². The molecule has 0 saturated heterocycles. The van der Waals surface area contributed by atoms with Gasteiger partial charge in [-0.25, -0.2) is 14.6 Å². The van der Waals surface area contributed by atoms with Crippen molar-refractivity contribution in [3.8, 4) is 17.9 Å². The van der Waals surface area contributed by atoms with Gasteiger partial charge in [-0.3, -0.25) is 9.36 Å². The molecule has 0 amide bonds. The van der Waals surface area contributed by atoms with Crippen LogP contribution in [0.1, 0.15) is 18.3 Å². The van der Waals surface area contributed by atoms with Crippen LogP contribution < -0.4 is 16.6 Å². The Hall–Kier alpha value is -4.21. The van der Waals surface area contributed by atoms with Gasteiger partial charge in [-0.2, -0.15) is 10.4 Å². The van der Waals surface area contributed by atoms with Gasteiger partial charge in [0.2, 0.25) is 5.95 Å². The summed E-state index contributed by atoms with van der Waals surface area (Å²) in [5, 5.41) is 18.5. The Labute approximate surface area is 178 Å². The predicted octanol–water partition coefficient (Wildman–Crippen LogP) is 1.46. The maximum Gasteiger partial charge on any atom is 0.293 e. The van der Waals surface area contributed by atoms with Gasteiger partial charge in [-0.15, -0.1) is 5.92 Å². The molecule has 3 N–H and O–H groups in total. The summed E-state index contributed by atoms with van der Waals surface area (Å²) >= 11 is 0. The molecule has 3 heterocycles. The minimum atomic E-state index is -0.308. The Morgan fingerprint density at radius 1 is 1.26 bits per heavy atom. The van der Waals surface area contributed by atoms with Crippen LogP contribution in [0.25, 0.3) is 21.8 Å². The number of aromatic nitrogens is 5. The molecule has 4 rings (SSSR count). The van der Waals surface area contributed by atoms with E-state index in [2.05, 4.69) is 38.3 Å². The zero-order valence-corrected chi connectivity index (χ0v) is 17.0. The highest BCUT2D eigenvalue weighted by Gasteiger charge is 2.16. The van der Waals surface area contributed by atoms with Gasteiger partial charge in [0.25, 0.3) is 5.56 Å². The largest absolute Gasteiger partial charge is 0.354 e. The average Bonchev–Trinajstić information content (AvgIpc) is 3.15. The van der Waals surface area contributed by atoms with E-state index in [1.54, 1.807) is 17.7 Å². The normalized spacial score (nSPS) is 10.6. The minimum absolute atomic E-state index is 0.129. The first-order chi connectivity index (χ1) is 15.2. The van der Waals surface area contributed by atoms with Crippen LogP contribution in [-0.2, 0) is 13.1 Å². The van der Waals surface area contributed by atoms with Gasteiger partial charge >= 0.3 is 0 Å². The molecule has 1 aromatic carbocycles. The lowest BCUT2D eigenvalue weighted by Crippen LogP contribution is -2.25. The van der Waals surface area contributed by atoms with Crippen molar-refractivity contribution in [3.63, 3.8) is 0 Å². The monoisotopic (exact) mass is 412 g/mol. The predicted molar refractivity (Wildman–Crippen MR) is 118 cm³/mol. The number of benzene rings is 1. The number of nitrogens with one attached hydrogen (secondary N) is 1. The molecule has 31 heavy (non-hydrogen) atoms. The highest BCUT2D eigenvalue weighted by molar-refractivity contribution is 5.86. The smallest absolute Gasteiger partial charge is 0.293 e. The second kappa shape index (κ2) is 8.66. The van der Waals surface area contributed by atoms with Crippen molar-refractivity contribution in [2.24, 2.45) is 5.73 Å². The van der Waals surface area contributed by atoms with Crippen LogP contribution in [-0.4, -0.2) is 37.4 Å². The zero-order chi connectivity index (χ0) is 21.8. The van der Waals surface area contributed by atoms with Crippen LogP contribution in [0, 0.1) is 23.2 Å². The van der Waals surface area contributed by atoms with Crippen molar-refractivity contribution in [1.82, 2.24) is 24.3 Å². The van der Waals surface area contributed by atoms with Crippen molar-refractivity contribution in [3.05, 3.63) is 58.3 Å². The summed E-state index contributed by atoms with van der Waals surface area (Å²) in [6.45, 7) is 3.13. The molecule has 0 bridgehead atoms. The van der Waals surface area contributed by atoms with Crippen LogP contribution in [0.4, 0.5) is 5.95 Å². The van der Waals surface area contributed by atoms with E-state index >= 15 is 0 Å². The average molecular weight is 412 g/mol. The van der Waals surface area contributed by atoms with Crippen LogP contribution in [0.3, 0.4) is 0 Å². The van der Waals surface area contributed by atoms with Crippen molar-refractivity contribution in [2.45, 2.75) is 20.0 Å². The quantitative estimate of drug-likeness (QED) is 0.459. The van der Waals surface area contributed by atoms with Gasteiger partial charge in [0.15, 0.2) is 0 Å². The number of nitriles is 1. The van der Waals surface area contributed by atoms with Crippen LogP contribution in [0.5, 0.6) is 0 Å². The van der Waals surface area contributed by atoms with Crippen molar-refractivity contribution in [2.75, 3.05) is 18.4 Å². The Morgan fingerprint density at radius 2 is 2.10 bits per heavy atom. The summed E-state index contributed by atoms with van der Waals surface area (Å²) in [6.07, 6.45) is 1.55. The number of hydrogen-bond acceptors (Lipinski definition) is 7. The SMILES string of the molecule is CC#CCn1c(NCCN)nc2cnn(Cc3cc4ccccc4c(C#N)n3)c(=O)c21. The van der Waals surface area contributed by atoms with E-state index in [1.807, 2.05) is 30.3 Å². The molecule has 0 spiro atoms. The van der Waals surface area contributed by atoms with Crippen molar-refractivity contribution in [1.29, 1.82) is 5.26 Å². The fourth-order valence-corrected chi connectivity index (χ4v) is 3.40.